The maximum Gasteiger partial charge on any atom is 0.156 e. The molecule has 1 saturated heterocycles. The molecule has 112 valence electrons. The second-order valence-corrected chi connectivity index (χ2v) is 7.79. The minimum Gasteiger partial charge on any atom is -0.381 e. The zero-order valence-corrected chi connectivity index (χ0v) is 14.0. The minimum absolute atomic E-state index is 0.308. The average Bonchev–Trinajstić information content (AvgIpc) is 2.32. The number of thioether (sulfide) groups is 1. The highest BCUT2D eigenvalue weighted by atomic mass is 32.2. The van der Waals surface area contributed by atoms with Crippen molar-refractivity contribution in [1.82, 2.24) is 5.32 Å². The van der Waals surface area contributed by atoms with E-state index < -0.39 is 0 Å². The molecule has 1 N–H and O–H groups in total. The zero-order chi connectivity index (χ0) is 14.3. The van der Waals surface area contributed by atoms with Crippen LogP contribution < -0.4 is 5.32 Å². The summed E-state index contributed by atoms with van der Waals surface area (Å²) in [5.74, 6) is 1.80. The van der Waals surface area contributed by atoms with E-state index in [1.165, 1.54) is 12.2 Å². The normalized spacial score (nSPS) is 22.8. The highest BCUT2D eigenvalue weighted by Crippen LogP contribution is 2.27. The van der Waals surface area contributed by atoms with Crippen molar-refractivity contribution in [3.63, 3.8) is 0 Å². The van der Waals surface area contributed by atoms with E-state index in [9.17, 15) is 0 Å². The Morgan fingerprint density at radius 3 is 2.79 bits per heavy atom. The van der Waals surface area contributed by atoms with Crippen molar-refractivity contribution in [2.24, 2.45) is 16.3 Å². The number of amidine groups is 1. The Labute approximate surface area is 123 Å². The van der Waals surface area contributed by atoms with Crippen LogP contribution in [0.1, 0.15) is 47.5 Å². The van der Waals surface area contributed by atoms with E-state index >= 15 is 0 Å². The van der Waals surface area contributed by atoms with E-state index in [4.69, 9.17) is 4.74 Å². The van der Waals surface area contributed by atoms with Crippen LogP contribution in [0, 0.1) is 11.3 Å². The van der Waals surface area contributed by atoms with Crippen LogP contribution in [-0.2, 0) is 4.74 Å². The molecule has 0 spiro atoms. The fourth-order valence-corrected chi connectivity index (χ4v) is 2.90. The molecule has 3 nitrogen and oxygen atoms in total. The van der Waals surface area contributed by atoms with E-state index in [0.717, 1.165) is 31.3 Å². The Balaban J connectivity index is 2.22. The third-order valence-electron chi connectivity index (χ3n) is 3.14. The molecule has 1 rings (SSSR count). The molecular formula is C15H30N2OS. The maximum absolute atomic E-state index is 5.56. The fraction of sp³-hybridized carbons (Fsp3) is 0.933. The number of ether oxygens (including phenoxy) is 1. The summed E-state index contributed by atoms with van der Waals surface area (Å²) in [5, 5.41) is 4.70. The first kappa shape index (κ1) is 16.8. The van der Waals surface area contributed by atoms with Crippen molar-refractivity contribution in [2.75, 3.05) is 25.5 Å². The fourth-order valence-electron chi connectivity index (χ4n) is 1.94. The summed E-state index contributed by atoms with van der Waals surface area (Å²) in [6, 6.07) is 0.546. The van der Waals surface area contributed by atoms with Crippen LogP contribution >= 0.6 is 11.8 Å². The van der Waals surface area contributed by atoms with Crippen molar-refractivity contribution in [3.05, 3.63) is 0 Å². The molecule has 0 amide bonds. The number of nitrogens with zero attached hydrogens (tertiary/aromatic N) is 1. The van der Waals surface area contributed by atoms with Crippen LogP contribution in [0.15, 0.2) is 4.99 Å². The lowest BCUT2D eigenvalue weighted by Crippen LogP contribution is -2.46. The first-order valence-electron chi connectivity index (χ1n) is 7.41. The van der Waals surface area contributed by atoms with Gasteiger partial charge in [-0.15, -0.1) is 0 Å². The van der Waals surface area contributed by atoms with Gasteiger partial charge in [0.2, 0.25) is 0 Å². The van der Waals surface area contributed by atoms with Crippen molar-refractivity contribution in [2.45, 2.75) is 53.5 Å². The van der Waals surface area contributed by atoms with Crippen LogP contribution in [0.25, 0.3) is 0 Å². The van der Waals surface area contributed by atoms with Gasteiger partial charge in [0.25, 0.3) is 0 Å². The first-order valence-corrected chi connectivity index (χ1v) is 8.39. The number of nitrogens with one attached hydrogen (secondary N) is 1. The lowest BCUT2D eigenvalue weighted by atomic mass is 9.85. The first-order chi connectivity index (χ1) is 8.89. The molecule has 1 heterocycles. The standard InChI is InChI=1S/C15H30N2OS/c1-12(2)11-18-9-6-8-16-14-17-13(7-10-19-14)15(3,4)5/h12-13H,6-11H2,1-5H3,(H,16,17). The molecule has 1 unspecified atom stereocenters. The molecule has 0 aromatic rings. The van der Waals surface area contributed by atoms with Crippen molar-refractivity contribution < 1.29 is 4.74 Å². The van der Waals surface area contributed by atoms with Crippen molar-refractivity contribution >= 4 is 16.9 Å². The second-order valence-electron chi connectivity index (χ2n) is 6.71. The molecule has 0 aromatic heterocycles. The molecule has 19 heavy (non-hydrogen) atoms. The van der Waals surface area contributed by atoms with Gasteiger partial charge in [-0.05, 0) is 24.2 Å². The molecular weight excluding hydrogens is 256 g/mol. The molecule has 0 bridgehead atoms. The smallest absolute Gasteiger partial charge is 0.156 e. The summed E-state index contributed by atoms with van der Waals surface area (Å²) >= 11 is 1.85. The van der Waals surface area contributed by atoms with Gasteiger partial charge in [-0.3, -0.25) is 4.99 Å². The number of aliphatic imine (C=N–C) groups is 1. The molecule has 0 radical (unpaired) electrons. The van der Waals surface area contributed by atoms with Gasteiger partial charge in [-0.1, -0.05) is 46.4 Å². The molecule has 0 aliphatic carbocycles. The molecule has 1 fully saturated rings. The van der Waals surface area contributed by atoms with Crippen LogP contribution in [0.2, 0.25) is 0 Å². The van der Waals surface area contributed by atoms with E-state index in [2.05, 4.69) is 44.9 Å². The summed E-state index contributed by atoms with van der Waals surface area (Å²) < 4.78 is 5.56. The predicted molar refractivity (Wildman–Crippen MR) is 86.0 cm³/mol. The molecule has 0 saturated carbocycles. The zero-order valence-electron chi connectivity index (χ0n) is 13.2. The number of hydrogen-bond acceptors (Lipinski definition) is 3. The molecule has 1 aliphatic heterocycles. The van der Waals surface area contributed by atoms with E-state index in [1.807, 2.05) is 11.8 Å². The Kier molecular flexibility index (Phi) is 7.22. The Bertz CT molecular complexity index is 284. The van der Waals surface area contributed by atoms with Gasteiger partial charge >= 0.3 is 0 Å². The van der Waals surface area contributed by atoms with E-state index in [1.54, 1.807) is 0 Å². The Morgan fingerprint density at radius 1 is 1.42 bits per heavy atom. The van der Waals surface area contributed by atoms with Gasteiger partial charge in [0, 0.05) is 31.6 Å². The van der Waals surface area contributed by atoms with E-state index in [-0.39, 0.29) is 0 Å². The summed E-state index contributed by atoms with van der Waals surface area (Å²) in [6.45, 7) is 13.8. The summed E-state index contributed by atoms with van der Waals surface area (Å²) in [5.41, 5.74) is 0.308. The van der Waals surface area contributed by atoms with Crippen LogP contribution in [-0.4, -0.2) is 36.7 Å². The van der Waals surface area contributed by atoms with Gasteiger partial charge in [-0.25, -0.2) is 0 Å². The number of hydrogen-bond donors (Lipinski definition) is 1. The van der Waals surface area contributed by atoms with Crippen LogP contribution in [0.3, 0.4) is 0 Å². The summed E-state index contributed by atoms with van der Waals surface area (Å²) in [4.78, 5) is 4.65. The van der Waals surface area contributed by atoms with Crippen LogP contribution in [0.5, 0.6) is 0 Å². The Hall–Kier alpha value is -0.220. The van der Waals surface area contributed by atoms with Crippen LogP contribution in [0.4, 0.5) is 0 Å². The Morgan fingerprint density at radius 2 is 2.16 bits per heavy atom. The van der Waals surface area contributed by atoms with Gasteiger partial charge in [-0.2, -0.15) is 0 Å². The highest BCUT2D eigenvalue weighted by molar-refractivity contribution is 8.13. The predicted octanol–water partition coefficient (Wildman–Crippen LogP) is 3.55. The number of rotatable bonds is 6. The highest BCUT2D eigenvalue weighted by Gasteiger charge is 2.28. The maximum atomic E-state index is 5.56. The quantitative estimate of drug-likeness (QED) is 0.758. The third kappa shape index (κ3) is 7.21. The van der Waals surface area contributed by atoms with E-state index in [0.29, 0.717) is 17.4 Å². The molecule has 4 heteroatoms. The monoisotopic (exact) mass is 286 g/mol. The average molecular weight is 286 g/mol. The topological polar surface area (TPSA) is 33.6 Å². The molecule has 1 atom stereocenters. The van der Waals surface area contributed by atoms with Crippen molar-refractivity contribution in [1.29, 1.82) is 0 Å². The molecule has 0 aromatic carbocycles. The SMILES string of the molecule is CC(C)COCCCN=C1NC(C(C)(C)C)CCS1. The lowest BCUT2D eigenvalue weighted by Gasteiger charge is -2.35. The minimum atomic E-state index is 0.308. The third-order valence-corrected chi connectivity index (χ3v) is 4.10. The largest absolute Gasteiger partial charge is 0.381 e. The van der Waals surface area contributed by atoms with Gasteiger partial charge in [0.05, 0.1) is 0 Å². The summed E-state index contributed by atoms with van der Waals surface area (Å²) in [6.07, 6.45) is 2.24. The van der Waals surface area contributed by atoms with Crippen molar-refractivity contribution in [3.8, 4) is 0 Å². The molecule has 1 aliphatic rings. The second kappa shape index (κ2) is 8.15. The van der Waals surface area contributed by atoms with Gasteiger partial charge in [0.1, 0.15) is 0 Å². The summed E-state index contributed by atoms with van der Waals surface area (Å²) in [7, 11) is 0. The lowest BCUT2D eigenvalue weighted by molar-refractivity contribution is 0.109. The van der Waals surface area contributed by atoms with Gasteiger partial charge in [0.15, 0.2) is 5.17 Å². The van der Waals surface area contributed by atoms with Gasteiger partial charge < -0.3 is 10.1 Å².